The second kappa shape index (κ2) is 5.85. The molecule has 1 aromatic carbocycles. The summed E-state index contributed by atoms with van der Waals surface area (Å²) in [5.74, 6) is 0.632. The lowest BCUT2D eigenvalue weighted by atomic mass is 10.2. The topological polar surface area (TPSA) is 70.7 Å². The van der Waals surface area contributed by atoms with Gasteiger partial charge in [0.2, 0.25) is 0 Å². The molecule has 0 bridgehead atoms. The number of fused-ring (bicyclic) bond motifs is 1. The van der Waals surface area contributed by atoms with Gasteiger partial charge in [-0.05, 0) is 30.7 Å². The molecule has 0 aliphatic heterocycles. The van der Waals surface area contributed by atoms with Crippen molar-refractivity contribution >= 4 is 10.9 Å². The number of aromatic amines is 1. The lowest BCUT2D eigenvalue weighted by molar-refractivity contribution is 0.650. The van der Waals surface area contributed by atoms with E-state index in [2.05, 4.69) is 20.3 Å². The van der Waals surface area contributed by atoms with Crippen LogP contribution in [0.25, 0.3) is 10.9 Å². The standard InChI is InChI=1S/C16H16N4O/c1-11-5-4-8-18-14(11)9-17-10-15-19-13-7-3-2-6-12(13)16(21)20-15/h2-8,17H,9-10H2,1H3,(H,19,20,21). The van der Waals surface area contributed by atoms with Crippen LogP contribution in [-0.2, 0) is 13.1 Å². The zero-order chi connectivity index (χ0) is 14.7. The molecule has 5 nitrogen and oxygen atoms in total. The Labute approximate surface area is 122 Å². The van der Waals surface area contributed by atoms with Crippen molar-refractivity contribution in [1.82, 2.24) is 20.3 Å². The first-order chi connectivity index (χ1) is 10.2. The molecule has 2 aromatic heterocycles. The SMILES string of the molecule is Cc1cccnc1CNCc1nc2ccccc2c(=O)[nH]1. The van der Waals surface area contributed by atoms with Crippen LogP contribution >= 0.6 is 0 Å². The third kappa shape index (κ3) is 2.98. The van der Waals surface area contributed by atoms with Gasteiger partial charge in [-0.3, -0.25) is 9.78 Å². The van der Waals surface area contributed by atoms with Crippen molar-refractivity contribution in [2.24, 2.45) is 0 Å². The van der Waals surface area contributed by atoms with Crippen molar-refractivity contribution in [3.8, 4) is 0 Å². The van der Waals surface area contributed by atoms with Crippen LogP contribution in [0.5, 0.6) is 0 Å². The van der Waals surface area contributed by atoms with E-state index < -0.39 is 0 Å². The van der Waals surface area contributed by atoms with E-state index >= 15 is 0 Å². The van der Waals surface area contributed by atoms with E-state index in [1.807, 2.05) is 37.3 Å². The normalized spacial score (nSPS) is 10.9. The zero-order valence-electron chi connectivity index (χ0n) is 11.8. The van der Waals surface area contributed by atoms with Gasteiger partial charge in [0.05, 0.1) is 23.1 Å². The summed E-state index contributed by atoms with van der Waals surface area (Å²) in [7, 11) is 0. The van der Waals surface area contributed by atoms with Crippen molar-refractivity contribution in [1.29, 1.82) is 0 Å². The molecule has 2 heterocycles. The summed E-state index contributed by atoms with van der Waals surface area (Å²) in [4.78, 5) is 23.5. The number of aryl methyl sites for hydroxylation is 1. The van der Waals surface area contributed by atoms with Crippen LogP contribution in [-0.4, -0.2) is 15.0 Å². The Morgan fingerprint density at radius 3 is 2.86 bits per heavy atom. The minimum absolute atomic E-state index is 0.105. The first kappa shape index (κ1) is 13.5. The summed E-state index contributed by atoms with van der Waals surface area (Å²) in [5.41, 5.74) is 2.75. The predicted molar refractivity (Wildman–Crippen MR) is 81.9 cm³/mol. The highest BCUT2D eigenvalue weighted by Crippen LogP contribution is 2.06. The van der Waals surface area contributed by atoms with Gasteiger partial charge in [-0.1, -0.05) is 18.2 Å². The summed E-state index contributed by atoms with van der Waals surface area (Å²) in [6.45, 7) is 3.17. The molecule has 0 aliphatic carbocycles. The lowest BCUT2D eigenvalue weighted by Crippen LogP contribution is -2.20. The zero-order valence-corrected chi connectivity index (χ0v) is 11.8. The van der Waals surface area contributed by atoms with Crippen LogP contribution in [0.15, 0.2) is 47.4 Å². The van der Waals surface area contributed by atoms with E-state index in [-0.39, 0.29) is 5.56 Å². The number of hydrogen-bond donors (Lipinski definition) is 2. The monoisotopic (exact) mass is 280 g/mol. The van der Waals surface area contributed by atoms with Crippen molar-refractivity contribution in [2.45, 2.75) is 20.0 Å². The van der Waals surface area contributed by atoms with Crippen molar-refractivity contribution in [3.05, 3.63) is 70.0 Å². The Kier molecular flexibility index (Phi) is 3.75. The van der Waals surface area contributed by atoms with E-state index in [0.29, 0.717) is 29.8 Å². The second-order valence-corrected chi connectivity index (χ2v) is 4.90. The van der Waals surface area contributed by atoms with Gasteiger partial charge in [0, 0.05) is 12.7 Å². The summed E-state index contributed by atoms with van der Waals surface area (Å²) >= 11 is 0. The Morgan fingerprint density at radius 2 is 2.00 bits per heavy atom. The molecule has 106 valence electrons. The van der Waals surface area contributed by atoms with Gasteiger partial charge in [0.15, 0.2) is 0 Å². The average Bonchev–Trinajstić information content (AvgIpc) is 2.49. The fraction of sp³-hybridized carbons (Fsp3) is 0.188. The number of nitrogens with zero attached hydrogens (tertiary/aromatic N) is 2. The summed E-state index contributed by atoms with van der Waals surface area (Å²) in [6.07, 6.45) is 1.78. The average molecular weight is 280 g/mol. The second-order valence-electron chi connectivity index (χ2n) is 4.90. The third-order valence-electron chi connectivity index (χ3n) is 3.36. The van der Waals surface area contributed by atoms with Crippen molar-refractivity contribution in [3.63, 3.8) is 0 Å². The maximum Gasteiger partial charge on any atom is 0.258 e. The fourth-order valence-corrected chi connectivity index (χ4v) is 2.22. The molecular weight excluding hydrogens is 264 g/mol. The van der Waals surface area contributed by atoms with E-state index in [4.69, 9.17) is 0 Å². The minimum atomic E-state index is -0.105. The van der Waals surface area contributed by atoms with Gasteiger partial charge >= 0.3 is 0 Å². The Bertz CT molecular complexity index is 826. The number of rotatable bonds is 4. The highest BCUT2D eigenvalue weighted by atomic mass is 16.1. The molecule has 3 rings (SSSR count). The smallest absolute Gasteiger partial charge is 0.258 e. The number of nitrogens with one attached hydrogen (secondary N) is 2. The summed E-state index contributed by atoms with van der Waals surface area (Å²) < 4.78 is 0. The first-order valence-corrected chi connectivity index (χ1v) is 6.83. The van der Waals surface area contributed by atoms with Gasteiger partial charge in [-0.15, -0.1) is 0 Å². The highest BCUT2D eigenvalue weighted by Gasteiger charge is 2.03. The van der Waals surface area contributed by atoms with E-state index in [1.54, 1.807) is 12.3 Å². The minimum Gasteiger partial charge on any atom is -0.309 e. The predicted octanol–water partition coefficient (Wildman–Crippen LogP) is 1.92. The number of hydrogen-bond acceptors (Lipinski definition) is 4. The maximum absolute atomic E-state index is 12.0. The van der Waals surface area contributed by atoms with Crippen LogP contribution in [0.2, 0.25) is 0 Å². The maximum atomic E-state index is 12.0. The molecule has 0 aliphatic rings. The number of pyridine rings is 1. The molecule has 0 atom stereocenters. The van der Waals surface area contributed by atoms with Gasteiger partial charge in [-0.25, -0.2) is 4.98 Å². The number of para-hydroxylation sites is 1. The van der Waals surface area contributed by atoms with Gasteiger partial charge < -0.3 is 10.3 Å². The largest absolute Gasteiger partial charge is 0.309 e. The molecule has 21 heavy (non-hydrogen) atoms. The summed E-state index contributed by atoms with van der Waals surface area (Å²) in [5, 5.41) is 3.87. The van der Waals surface area contributed by atoms with Crippen LogP contribution in [0.4, 0.5) is 0 Å². The van der Waals surface area contributed by atoms with Gasteiger partial charge in [0.25, 0.3) is 5.56 Å². The Hall–Kier alpha value is -2.53. The molecule has 2 N–H and O–H groups in total. The summed E-state index contributed by atoms with van der Waals surface area (Å²) in [6, 6.07) is 11.3. The van der Waals surface area contributed by atoms with Crippen molar-refractivity contribution < 1.29 is 0 Å². The van der Waals surface area contributed by atoms with Gasteiger partial charge in [0.1, 0.15) is 5.82 Å². The van der Waals surface area contributed by atoms with E-state index in [1.165, 1.54) is 0 Å². The molecule has 0 unspecified atom stereocenters. The molecule has 0 spiro atoms. The molecule has 0 saturated heterocycles. The number of H-pyrrole nitrogens is 1. The van der Waals surface area contributed by atoms with Crippen LogP contribution < -0.4 is 10.9 Å². The molecule has 0 fully saturated rings. The van der Waals surface area contributed by atoms with Crippen LogP contribution in [0, 0.1) is 6.92 Å². The Balaban J connectivity index is 1.74. The highest BCUT2D eigenvalue weighted by molar-refractivity contribution is 5.77. The van der Waals surface area contributed by atoms with Gasteiger partial charge in [-0.2, -0.15) is 0 Å². The first-order valence-electron chi connectivity index (χ1n) is 6.83. The van der Waals surface area contributed by atoms with Crippen molar-refractivity contribution in [2.75, 3.05) is 0 Å². The molecule has 0 saturated carbocycles. The molecule has 0 amide bonds. The fourth-order valence-electron chi connectivity index (χ4n) is 2.22. The van der Waals surface area contributed by atoms with E-state index in [9.17, 15) is 4.79 Å². The third-order valence-corrected chi connectivity index (χ3v) is 3.36. The lowest BCUT2D eigenvalue weighted by Gasteiger charge is -2.07. The molecule has 5 heteroatoms. The Morgan fingerprint density at radius 1 is 1.14 bits per heavy atom. The quantitative estimate of drug-likeness (QED) is 0.766. The van der Waals surface area contributed by atoms with Crippen LogP contribution in [0.3, 0.4) is 0 Å². The molecule has 3 aromatic rings. The molecular formula is C16H16N4O. The van der Waals surface area contributed by atoms with Crippen LogP contribution in [0.1, 0.15) is 17.1 Å². The molecule has 0 radical (unpaired) electrons. The number of aromatic nitrogens is 3. The number of benzene rings is 1. The van der Waals surface area contributed by atoms with E-state index in [0.717, 1.165) is 11.3 Å².